The molecule has 1 amide bonds. The number of hydrogen-bond acceptors (Lipinski definition) is 6. The highest BCUT2D eigenvalue weighted by molar-refractivity contribution is 5.99. The zero-order valence-corrected chi connectivity index (χ0v) is 25.0. The number of amides is 1. The molecule has 3 heterocycles. The van der Waals surface area contributed by atoms with E-state index in [1.807, 2.05) is 31.3 Å². The summed E-state index contributed by atoms with van der Waals surface area (Å²) in [4.78, 5) is 43.5. The predicted octanol–water partition coefficient (Wildman–Crippen LogP) is 4.79. The number of carbonyl (C=O) groups excluding carboxylic acids is 1. The van der Waals surface area contributed by atoms with Gasteiger partial charge in [-0.05, 0) is 81.7 Å². The van der Waals surface area contributed by atoms with Crippen LogP contribution >= 0.6 is 0 Å². The third-order valence-corrected chi connectivity index (χ3v) is 8.57. The smallest absolute Gasteiger partial charge is 0.410 e. The number of rotatable bonds is 5. The van der Waals surface area contributed by atoms with E-state index in [2.05, 4.69) is 4.90 Å². The molecule has 0 spiro atoms. The summed E-state index contributed by atoms with van der Waals surface area (Å²) in [7, 11) is 2.00. The first-order valence-electron chi connectivity index (χ1n) is 14.8. The monoisotopic (exact) mass is 588 g/mol. The van der Waals surface area contributed by atoms with E-state index < -0.39 is 28.6 Å². The molecule has 2 saturated heterocycles. The van der Waals surface area contributed by atoms with E-state index >= 15 is 4.39 Å². The lowest BCUT2D eigenvalue weighted by molar-refractivity contribution is -0.00331. The number of aromatic hydroxyl groups is 1. The van der Waals surface area contributed by atoms with E-state index in [0.29, 0.717) is 36.2 Å². The summed E-state index contributed by atoms with van der Waals surface area (Å²) in [5.41, 5.74) is -0.477. The topological polar surface area (TPSA) is 97.0 Å². The molecule has 2 aliphatic rings. The second-order valence-electron chi connectivity index (χ2n) is 12.9. The second kappa shape index (κ2) is 10.8. The molecule has 0 radical (unpaired) electrons. The average molecular weight is 589 g/mol. The van der Waals surface area contributed by atoms with Crippen LogP contribution < -0.4 is 11.1 Å². The molecule has 4 aromatic rings. The number of ether oxygens (including phenoxy) is 1. The van der Waals surface area contributed by atoms with Crippen molar-refractivity contribution >= 4 is 27.9 Å². The van der Waals surface area contributed by atoms with Gasteiger partial charge < -0.3 is 28.8 Å². The number of phenolic OH excluding ortho intramolecular Hbond substituents is 1. The van der Waals surface area contributed by atoms with Crippen LogP contribution in [0.2, 0.25) is 0 Å². The first-order chi connectivity index (χ1) is 20.4. The van der Waals surface area contributed by atoms with Gasteiger partial charge in [-0.3, -0.25) is 9.59 Å². The molecule has 2 fully saturated rings. The quantitative estimate of drug-likeness (QED) is 0.337. The van der Waals surface area contributed by atoms with Crippen molar-refractivity contribution in [1.82, 2.24) is 18.9 Å². The zero-order valence-electron chi connectivity index (χ0n) is 25.0. The lowest BCUT2D eigenvalue weighted by Gasteiger charge is -2.40. The fraction of sp³-hybridized carbons (Fsp3) is 0.424. The lowest BCUT2D eigenvalue weighted by Crippen LogP contribution is -2.54. The first-order valence-corrected chi connectivity index (χ1v) is 14.8. The van der Waals surface area contributed by atoms with Crippen molar-refractivity contribution in [3.63, 3.8) is 0 Å². The van der Waals surface area contributed by atoms with Crippen molar-refractivity contribution in [3.8, 4) is 16.9 Å². The van der Waals surface area contributed by atoms with Gasteiger partial charge in [-0.1, -0.05) is 24.3 Å². The van der Waals surface area contributed by atoms with Gasteiger partial charge in [0.15, 0.2) is 0 Å². The van der Waals surface area contributed by atoms with Crippen molar-refractivity contribution in [2.45, 2.75) is 58.3 Å². The number of benzene rings is 3. The van der Waals surface area contributed by atoms with Gasteiger partial charge in [0.25, 0.3) is 0 Å². The van der Waals surface area contributed by atoms with Gasteiger partial charge in [0.1, 0.15) is 17.2 Å². The predicted molar refractivity (Wildman–Crippen MR) is 164 cm³/mol. The number of phenols is 1. The molecule has 0 bridgehead atoms. The molecule has 0 saturated carbocycles. The summed E-state index contributed by atoms with van der Waals surface area (Å²) in [6, 6.07) is 13.6. The Hall–Kier alpha value is -4.18. The maximum Gasteiger partial charge on any atom is 0.410 e. The lowest BCUT2D eigenvalue weighted by atomic mass is 9.96. The van der Waals surface area contributed by atoms with Crippen LogP contribution in [0.15, 0.2) is 58.1 Å². The molecule has 2 aliphatic heterocycles. The standard InChI is InChI=1S/C33H37FN4O5/c1-33(2,3)43-32(42)36-16-20(17-36)18-37-29-15-27(34)26(25-13-23(39)12-21-8-5-6-10-24(21)25)14-28(29)38(31(41)30(37)40)19-22-9-7-11-35(22)4/h5-6,8,10,12-15,20,22,39H,7,9,11,16-19H2,1-4H3/t22-/m0/s1. The van der Waals surface area contributed by atoms with Gasteiger partial charge in [-0.2, -0.15) is 0 Å². The third kappa shape index (κ3) is 5.51. The van der Waals surface area contributed by atoms with Gasteiger partial charge in [0.05, 0.1) is 11.0 Å². The number of fused-ring (bicyclic) bond motifs is 2. The highest BCUT2D eigenvalue weighted by Gasteiger charge is 2.35. The minimum absolute atomic E-state index is 0.00247. The Bertz CT molecular complexity index is 1850. The van der Waals surface area contributed by atoms with E-state index in [-0.39, 0.29) is 29.8 Å². The summed E-state index contributed by atoms with van der Waals surface area (Å²) in [6.45, 7) is 7.52. The molecule has 1 aromatic heterocycles. The highest BCUT2D eigenvalue weighted by atomic mass is 19.1. The van der Waals surface area contributed by atoms with Gasteiger partial charge in [-0.25, -0.2) is 9.18 Å². The number of halogens is 1. The number of hydrogen-bond donors (Lipinski definition) is 1. The minimum Gasteiger partial charge on any atom is -0.508 e. The molecule has 3 aromatic carbocycles. The second-order valence-corrected chi connectivity index (χ2v) is 12.9. The van der Waals surface area contributed by atoms with E-state index in [9.17, 15) is 19.5 Å². The van der Waals surface area contributed by atoms with Gasteiger partial charge in [-0.15, -0.1) is 0 Å². The molecule has 0 unspecified atom stereocenters. The molecule has 9 nitrogen and oxygen atoms in total. The molecular formula is C33H37FN4O5. The maximum absolute atomic E-state index is 16.1. The molecule has 6 rings (SSSR count). The number of likely N-dealkylation sites (N-methyl/N-ethyl adjacent to an activating group) is 1. The number of carbonyl (C=O) groups is 1. The first kappa shape index (κ1) is 28.9. The molecule has 0 aliphatic carbocycles. The Labute approximate surface area is 248 Å². The maximum atomic E-state index is 16.1. The van der Waals surface area contributed by atoms with Gasteiger partial charge in [0, 0.05) is 49.8 Å². The van der Waals surface area contributed by atoms with Crippen LogP contribution in [0.1, 0.15) is 33.6 Å². The summed E-state index contributed by atoms with van der Waals surface area (Å²) < 4.78 is 24.4. The number of aromatic nitrogens is 2. The molecule has 43 heavy (non-hydrogen) atoms. The third-order valence-electron chi connectivity index (χ3n) is 8.57. The number of likely N-dealkylation sites (tertiary alicyclic amines) is 2. The van der Waals surface area contributed by atoms with Crippen molar-refractivity contribution in [2.24, 2.45) is 5.92 Å². The van der Waals surface area contributed by atoms with Crippen molar-refractivity contribution in [1.29, 1.82) is 0 Å². The fourth-order valence-corrected chi connectivity index (χ4v) is 6.36. The van der Waals surface area contributed by atoms with E-state index in [1.165, 1.54) is 21.3 Å². The Kier molecular flexibility index (Phi) is 7.28. The zero-order chi connectivity index (χ0) is 30.6. The van der Waals surface area contributed by atoms with E-state index in [4.69, 9.17) is 4.74 Å². The van der Waals surface area contributed by atoms with E-state index in [0.717, 1.165) is 30.2 Å². The normalized spacial score (nSPS) is 18.0. The molecular weight excluding hydrogens is 551 g/mol. The average Bonchev–Trinajstić information content (AvgIpc) is 3.32. The SMILES string of the molecule is CN1CCC[C@H]1Cn1c(=O)c(=O)n(CC2CN(C(=O)OC(C)(C)C)C2)c2cc(F)c(-c3cc(O)cc4ccccc34)cc21. The van der Waals surface area contributed by atoms with Crippen LogP contribution in [-0.2, 0) is 17.8 Å². The van der Waals surface area contributed by atoms with E-state index in [1.54, 1.807) is 37.8 Å². The summed E-state index contributed by atoms with van der Waals surface area (Å²) >= 11 is 0. The summed E-state index contributed by atoms with van der Waals surface area (Å²) in [5.74, 6) is -0.659. The van der Waals surface area contributed by atoms with Crippen molar-refractivity contribution < 1.29 is 19.0 Å². The van der Waals surface area contributed by atoms with Crippen LogP contribution in [0.4, 0.5) is 9.18 Å². The number of nitrogens with zero attached hydrogens (tertiary/aromatic N) is 4. The molecule has 226 valence electrons. The Morgan fingerprint density at radius 1 is 0.977 bits per heavy atom. The van der Waals surface area contributed by atoms with Gasteiger partial charge >= 0.3 is 17.2 Å². The summed E-state index contributed by atoms with van der Waals surface area (Å²) in [5, 5.41) is 12.0. The molecule has 1 atom stereocenters. The minimum atomic E-state index is -0.709. The van der Waals surface area contributed by atoms with Crippen LogP contribution in [0, 0.1) is 11.7 Å². The van der Waals surface area contributed by atoms with Crippen molar-refractivity contribution in [3.05, 3.63) is 75.1 Å². The van der Waals surface area contributed by atoms with Crippen LogP contribution in [0.3, 0.4) is 0 Å². The Balaban J connectivity index is 1.46. The van der Waals surface area contributed by atoms with Crippen LogP contribution in [-0.4, -0.2) is 68.5 Å². The highest BCUT2D eigenvalue weighted by Crippen LogP contribution is 2.36. The van der Waals surface area contributed by atoms with Gasteiger partial charge in [0.2, 0.25) is 0 Å². The summed E-state index contributed by atoms with van der Waals surface area (Å²) in [6.07, 6.45) is 1.46. The molecule has 10 heteroatoms. The van der Waals surface area contributed by atoms with Crippen LogP contribution in [0.25, 0.3) is 32.9 Å². The largest absolute Gasteiger partial charge is 0.508 e. The fourth-order valence-electron chi connectivity index (χ4n) is 6.36. The molecule has 1 N–H and O–H groups in total. The Morgan fingerprint density at radius 3 is 2.33 bits per heavy atom. The van der Waals surface area contributed by atoms with Crippen molar-refractivity contribution in [2.75, 3.05) is 26.7 Å². The van der Waals surface area contributed by atoms with Crippen LogP contribution in [0.5, 0.6) is 5.75 Å². The Morgan fingerprint density at radius 2 is 1.65 bits per heavy atom.